The molecule has 0 saturated heterocycles. The highest BCUT2D eigenvalue weighted by atomic mass is 16.6. The molecule has 2 N–H and O–H groups in total. The number of hydrazone groups is 1. The highest BCUT2D eigenvalue weighted by molar-refractivity contribution is 6.01. The summed E-state index contributed by atoms with van der Waals surface area (Å²) in [4.78, 5) is 25.4. The molecule has 0 atom stereocenters. The van der Waals surface area contributed by atoms with Gasteiger partial charge in [-0.25, -0.2) is 5.43 Å². The van der Waals surface area contributed by atoms with Crippen LogP contribution in [-0.4, -0.2) is 22.0 Å². The number of hydrogen-bond acceptors (Lipinski definition) is 4. The van der Waals surface area contributed by atoms with Gasteiger partial charge in [0.05, 0.1) is 11.1 Å². The SMILES string of the molecule is O=C(N/N=C/c1c[nH]c2ccccc12)c1ccccc1[N+](=O)[O-]. The van der Waals surface area contributed by atoms with Crippen molar-refractivity contribution in [2.24, 2.45) is 5.10 Å². The molecule has 3 aromatic rings. The fourth-order valence-electron chi connectivity index (χ4n) is 2.25. The third-order valence-corrected chi connectivity index (χ3v) is 3.34. The molecule has 0 fully saturated rings. The van der Waals surface area contributed by atoms with Crippen molar-refractivity contribution in [3.8, 4) is 0 Å². The molecule has 1 aromatic heterocycles. The van der Waals surface area contributed by atoms with Gasteiger partial charge in [-0.05, 0) is 12.1 Å². The van der Waals surface area contributed by atoms with Crippen molar-refractivity contribution >= 4 is 28.7 Å². The molecule has 0 unspecified atom stereocenters. The van der Waals surface area contributed by atoms with E-state index >= 15 is 0 Å². The topological polar surface area (TPSA) is 100 Å². The van der Waals surface area contributed by atoms with E-state index in [0.717, 1.165) is 16.5 Å². The smallest absolute Gasteiger partial charge is 0.282 e. The van der Waals surface area contributed by atoms with Gasteiger partial charge in [0.1, 0.15) is 5.56 Å². The number of amides is 1. The number of rotatable bonds is 4. The molecule has 3 rings (SSSR count). The van der Waals surface area contributed by atoms with Crippen LogP contribution in [0.1, 0.15) is 15.9 Å². The molecular weight excluding hydrogens is 296 g/mol. The van der Waals surface area contributed by atoms with Crippen LogP contribution in [0.3, 0.4) is 0 Å². The fraction of sp³-hybridized carbons (Fsp3) is 0. The summed E-state index contributed by atoms with van der Waals surface area (Å²) < 4.78 is 0. The van der Waals surface area contributed by atoms with Crippen molar-refractivity contribution in [2.45, 2.75) is 0 Å². The molecule has 0 aliphatic rings. The van der Waals surface area contributed by atoms with Gasteiger partial charge < -0.3 is 4.98 Å². The second kappa shape index (κ2) is 6.10. The van der Waals surface area contributed by atoms with E-state index in [2.05, 4.69) is 15.5 Å². The van der Waals surface area contributed by atoms with Crippen LogP contribution in [-0.2, 0) is 0 Å². The third kappa shape index (κ3) is 2.93. The van der Waals surface area contributed by atoms with Gasteiger partial charge in [0.15, 0.2) is 0 Å². The van der Waals surface area contributed by atoms with E-state index in [1.54, 1.807) is 12.3 Å². The molecule has 0 aliphatic heterocycles. The minimum atomic E-state index is -0.631. The first-order valence-corrected chi connectivity index (χ1v) is 6.80. The van der Waals surface area contributed by atoms with Gasteiger partial charge >= 0.3 is 0 Å². The lowest BCUT2D eigenvalue weighted by Gasteiger charge is -2.00. The number of carbonyl (C=O) groups excluding carboxylic acids is 1. The quantitative estimate of drug-likeness (QED) is 0.440. The molecule has 1 amide bonds. The van der Waals surface area contributed by atoms with E-state index < -0.39 is 10.8 Å². The van der Waals surface area contributed by atoms with E-state index in [-0.39, 0.29) is 11.3 Å². The van der Waals surface area contributed by atoms with Crippen LogP contribution >= 0.6 is 0 Å². The summed E-state index contributed by atoms with van der Waals surface area (Å²) in [5.41, 5.74) is 3.78. The zero-order valence-corrected chi connectivity index (χ0v) is 11.9. The van der Waals surface area contributed by atoms with Gasteiger partial charge in [-0.2, -0.15) is 5.10 Å². The number of carbonyl (C=O) groups is 1. The number of benzene rings is 2. The molecule has 0 radical (unpaired) electrons. The third-order valence-electron chi connectivity index (χ3n) is 3.34. The van der Waals surface area contributed by atoms with Gasteiger partial charge in [-0.15, -0.1) is 0 Å². The number of para-hydroxylation sites is 2. The summed E-state index contributed by atoms with van der Waals surface area (Å²) in [6.45, 7) is 0. The van der Waals surface area contributed by atoms with Crippen molar-refractivity contribution < 1.29 is 9.72 Å². The molecule has 1 heterocycles. The Morgan fingerprint density at radius 1 is 1.17 bits per heavy atom. The molecular formula is C16H12N4O3. The molecule has 2 aromatic carbocycles. The largest absolute Gasteiger partial charge is 0.361 e. The van der Waals surface area contributed by atoms with Crippen molar-refractivity contribution in [3.63, 3.8) is 0 Å². The summed E-state index contributed by atoms with van der Waals surface area (Å²) >= 11 is 0. The highest BCUT2D eigenvalue weighted by Crippen LogP contribution is 2.18. The second-order valence-electron chi connectivity index (χ2n) is 4.76. The maximum Gasteiger partial charge on any atom is 0.282 e. The Morgan fingerprint density at radius 3 is 2.74 bits per heavy atom. The molecule has 0 bridgehead atoms. The standard InChI is InChI=1S/C16H12N4O3/c21-16(13-6-2-4-8-15(13)20(22)23)19-18-10-11-9-17-14-7-3-1-5-12(11)14/h1-10,17H,(H,19,21)/b18-10+. The predicted molar refractivity (Wildman–Crippen MR) is 86.5 cm³/mol. The highest BCUT2D eigenvalue weighted by Gasteiger charge is 2.18. The molecule has 0 aliphatic carbocycles. The average molecular weight is 308 g/mol. The van der Waals surface area contributed by atoms with Crippen LogP contribution in [0.15, 0.2) is 59.8 Å². The van der Waals surface area contributed by atoms with Gasteiger partial charge in [0.2, 0.25) is 0 Å². The van der Waals surface area contributed by atoms with Crippen LogP contribution in [0.5, 0.6) is 0 Å². The summed E-state index contributed by atoms with van der Waals surface area (Å²) in [5, 5.41) is 15.8. The Balaban J connectivity index is 1.78. The number of aromatic nitrogens is 1. The lowest BCUT2D eigenvalue weighted by molar-refractivity contribution is -0.385. The normalized spacial score (nSPS) is 11.0. The van der Waals surface area contributed by atoms with Crippen molar-refractivity contribution in [2.75, 3.05) is 0 Å². The Bertz CT molecular complexity index is 914. The lowest BCUT2D eigenvalue weighted by atomic mass is 10.2. The van der Waals surface area contributed by atoms with Crippen LogP contribution in [0.2, 0.25) is 0 Å². The van der Waals surface area contributed by atoms with Gasteiger partial charge in [-0.1, -0.05) is 30.3 Å². The molecule has 7 heteroatoms. The van der Waals surface area contributed by atoms with Gasteiger partial charge in [-0.3, -0.25) is 14.9 Å². The zero-order valence-electron chi connectivity index (χ0n) is 11.9. The van der Waals surface area contributed by atoms with Crippen molar-refractivity contribution in [1.82, 2.24) is 10.4 Å². The lowest BCUT2D eigenvalue weighted by Crippen LogP contribution is -2.18. The molecule has 114 valence electrons. The maximum absolute atomic E-state index is 12.0. The summed E-state index contributed by atoms with van der Waals surface area (Å²) in [6.07, 6.45) is 3.26. The summed E-state index contributed by atoms with van der Waals surface area (Å²) in [7, 11) is 0. The van der Waals surface area contributed by atoms with E-state index in [0.29, 0.717) is 0 Å². The van der Waals surface area contributed by atoms with Crippen LogP contribution in [0, 0.1) is 10.1 Å². The molecule has 0 saturated carbocycles. The van der Waals surface area contributed by atoms with Gasteiger partial charge in [0, 0.05) is 28.7 Å². The number of nitro benzene ring substituents is 1. The fourth-order valence-corrected chi connectivity index (χ4v) is 2.25. The first kappa shape index (κ1) is 14.5. The number of hydrogen-bond donors (Lipinski definition) is 2. The monoisotopic (exact) mass is 308 g/mol. The number of nitro groups is 1. The Morgan fingerprint density at radius 2 is 1.91 bits per heavy atom. The average Bonchev–Trinajstić information content (AvgIpc) is 2.98. The van der Waals surface area contributed by atoms with Crippen LogP contribution in [0.4, 0.5) is 5.69 Å². The first-order chi connectivity index (χ1) is 11.2. The summed E-state index contributed by atoms with van der Waals surface area (Å²) in [5.74, 6) is -0.631. The summed E-state index contributed by atoms with van der Waals surface area (Å²) in [6, 6.07) is 13.4. The predicted octanol–water partition coefficient (Wildman–Crippen LogP) is 2.84. The van der Waals surface area contributed by atoms with E-state index in [9.17, 15) is 14.9 Å². The molecule has 7 nitrogen and oxygen atoms in total. The van der Waals surface area contributed by atoms with Crippen LogP contribution in [0.25, 0.3) is 10.9 Å². The minimum Gasteiger partial charge on any atom is -0.361 e. The first-order valence-electron chi connectivity index (χ1n) is 6.80. The Hall–Kier alpha value is -3.48. The number of nitrogens with zero attached hydrogens (tertiary/aromatic N) is 2. The van der Waals surface area contributed by atoms with Crippen molar-refractivity contribution in [3.05, 3.63) is 76.0 Å². The number of nitrogens with one attached hydrogen (secondary N) is 2. The Labute approximate surface area is 130 Å². The van der Waals surface area contributed by atoms with Gasteiger partial charge in [0.25, 0.3) is 11.6 Å². The van der Waals surface area contributed by atoms with Crippen LogP contribution < -0.4 is 5.43 Å². The maximum atomic E-state index is 12.0. The second-order valence-corrected chi connectivity index (χ2v) is 4.76. The zero-order chi connectivity index (χ0) is 16.2. The number of H-pyrrole nitrogens is 1. The van der Waals surface area contributed by atoms with E-state index in [1.165, 1.54) is 24.4 Å². The molecule has 0 spiro atoms. The van der Waals surface area contributed by atoms with E-state index in [4.69, 9.17) is 0 Å². The minimum absolute atomic E-state index is 0.0337. The van der Waals surface area contributed by atoms with E-state index in [1.807, 2.05) is 24.3 Å². The number of aromatic amines is 1. The molecule has 23 heavy (non-hydrogen) atoms. The number of fused-ring (bicyclic) bond motifs is 1. The Kier molecular flexibility index (Phi) is 3.84. The van der Waals surface area contributed by atoms with Crippen molar-refractivity contribution in [1.29, 1.82) is 0 Å².